The molecule has 0 unspecified atom stereocenters. The Morgan fingerprint density at radius 2 is 1.88 bits per heavy atom. The second-order valence-corrected chi connectivity index (χ2v) is 7.43. The molecule has 140 valence electrons. The topological polar surface area (TPSA) is 59.4 Å². The summed E-state index contributed by atoms with van der Waals surface area (Å²) in [7, 11) is 2.08. The van der Waals surface area contributed by atoms with Crippen LogP contribution in [-0.2, 0) is 13.0 Å². The molecule has 0 fully saturated rings. The van der Waals surface area contributed by atoms with Crippen molar-refractivity contribution in [2.45, 2.75) is 52.8 Å². The monoisotopic (exact) mass is 356 g/mol. The Labute approximate surface area is 155 Å². The van der Waals surface area contributed by atoms with E-state index in [1.807, 2.05) is 38.1 Å². The fourth-order valence-corrected chi connectivity index (χ4v) is 3.33. The fourth-order valence-electron chi connectivity index (χ4n) is 3.33. The van der Waals surface area contributed by atoms with Crippen LogP contribution >= 0.6 is 0 Å². The van der Waals surface area contributed by atoms with Gasteiger partial charge < -0.3 is 19.5 Å². The Morgan fingerprint density at radius 1 is 1.19 bits per heavy atom. The third kappa shape index (κ3) is 3.90. The van der Waals surface area contributed by atoms with Gasteiger partial charge in [0, 0.05) is 36.9 Å². The molecular formula is C20H28N4O2. The van der Waals surface area contributed by atoms with E-state index in [2.05, 4.69) is 40.7 Å². The van der Waals surface area contributed by atoms with Gasteiger partial charge in [0.1, 0.15) is 5.75 Å². The van der Waals surface area contributed by atoms with Crippen molar-refractivity contribution in [2.75, 3.05) is 18.9 Å². The Hall–Kier alpha value is -2.34. The van der Waals surface area contributed by atoms with Crippen LogP contribution < -0.4 is 10.1 Å². The Balaban J connectivity index is 1.81. The average molecular weight is 356 g/mol. The molecule has 1 aliphatic rings. The highest BCUT2D eigenvalue weighted by atomic mass is 16.5. The number of anilines is 1. The van der Waals surface area contributed by atoms with Crippen LogP contribution in [0.15, 0.2) is 24.3 Å². The summed E-state index contributed by atoms with van der Waals surface area (Å²) in [6.07, 6.45) is 1.05. The number of benzene rings is 1. The second kappa shape index (κ2) is 7.50. The molecule has 2 heterocycles. The van der Waals surface area contributed by atoms with E-state index >= 15 is 0 Å². The van der Waals surface area contributed by atoms with Gasteiger partial charge in [-0.1, -0.05) is 0 Å². The van der Waals surface area contributed by atoms with E-state index in [-0.39, 0.29) is 18.1 Å². The number of amides is 1. The van der Waals surface area contributed by atoms with Gasteiger partial charge in [0.2, 0.25) is 0 Å². The van der Waals surface area contributed by atoms with Crippen molar-refractivity contribution in [3.05, 3.63) is 41.5 Å². The molecule has 0 atom stereocenters. The number of hydrogen-bond acceptors (Lipinski definition) is 4. The lowest BCUT2D eigenvalue weighted by Gasteiger charge is -2.24. The van der Waals surface area contributed by atoms with E-state index in [1.165, 1.54) is 5.69 Å². The van der Waals surface area contributed by atoms with Crippen LogP contribution in [0.1, 0.15) is 55.7 Å². The van der Waals surface area contributed by atoms with E-state index in [0.717, 1.165) is 36.6 Å². The van der Waals surface area contributed by atoms with Gasteiger partial charge in [-0.15, -0.1) is 0 Å². The summed E-state index contributed by atoms with van der Waals surface area (Å²) in [5.41, 5.74) is 2.93. The summed E-state index contributed by atoms with van der Waals surface area (Å²) >= 11 is 0. The van der Waals surface area contributed by atoms with Crippen LogP contribution in [0.3, 0.4) is 0 Å². The zero-order chi connectivity index (χ0) is 18.8. The normalized spacial score (nSPS) is 14.6. The number of nitrogens with one attached hydrogen (secondary N) is 1. The van der Waals surface area contributed by atoms with E-state index in [1.54, 1.807) is 0 Å². The van der Waals surface area contributed by atoms with E-state index in [9.17, 15) is 4.79 Å². The van der Waals surface area contributed by atoms with Crippen LogP contribution in [0.5, 0.6) is 5.75 Å². The lowest BCUT2D eigenvalue weighted by Crippen LogP contribution is -2.28. The molecule has 0 spiro atoms. The molecule has 26 heavy (non-hydrogen) atoms. The largest absolute Gasteiger partial charge is 0.491 e. The van der Waals surface area contributed by atoms with Gasteiger partial charge in [0.25, 0.3) is 5.91 Å². The van der Waals surface area contributed by atoms with Gasteiger partial charge in [0.05, 0.1) is 11.8 Å². The average Bonchev–Trinajstić information content (AvgIpc) is 2.95. The Kier molecular flexibility index (Phi) is 5.32. The number of ether oxygens (including phenoxy) is 1. The highest BCUT2D eigenvalue weighted by Crippen LogP contribution is 2.24. The first kappa shape index (κ1) is 18.5. The minimum Gasteiger partial charge on any atom is -0.491 e. The molecule has 6 heteroatoms. The van der Waals surface area contributed by atoms with Gasteiger partial charge in [-0.3, -0.25) is 4.79 Å². The SMILES string of the molecule is CC(C)Oc1ccc(NC(=O)c2nc3c(n2C(C)C)CCN(C)C3)cc1. The third-order valence-electron chi connectivity index (χ3n) is 4.45. The van der Waals surface area contributed by atoms with Crippen molar-refractivity contribution in [1.82, 2.24) is 14.5 Å². The maximum absolute atomic E-state index is 12.9. The maximum atomic E-state index is 12.9. The number of likely N-dealkylation sites (N-methyl/N-ethyl adjacent to an activating group) is 1. The van der Waals surface area contributed by atoms with E-state index < -0.39 is 0 Å². The summed E-state index contributed by atoms with van der Waals surface area (Å²) in [5, 5.41) is 2.96. The van der Waals surface area contributed by atoms with Crippen molar-refractivity contribution in [1.29, 1.82) is 0 Å². The molecule has 2 aromatic rings. The number of aromatic nitrogens is 2. The highest BCUT2D eigenvalue weighted by Gasteiger charge is 2.26. The first-order valence-electron chi connectivity index (χ1n) is 9.21. The maximum Gasteiger partial charge on any atom is 0.291 e. The summed E-state index contributed by atoms with van der Waals surface area (Å²) in [4.78, 5) is 19.8. The van der Waals surface area contributed by atoms with Crippen molar-refractivity contribution in [3.8, 4) is 5.75 Å². The second-order valence-electron chi connectivity index (χ2n) is 7.43. The Morgan fingerprint density at radius 3 is 2.50 bits per heavy atom. The van der Waals surface area contributed by atoms with Gasteiger partial charge >= 0.3 is 0 Å². The number of carbonyl (C=O) groups is 1. The molecule has 1 amide bonds. The Bertz CT molecular complexity index is 778. The minimum atomic E-state index is -0.173. The molecule has 0 aliphatic carbocycles. The van der Waals surface area contributed by atoms with E-state index in [0.29, 0.717) is 5.82 Å². The number of rotatable bonds is 5. The molecule has 0 radical (unpaired) electrons. The zero-order valence-electron chi connectivity index (χ0n) is 16.2. The van der Waals surface area contributed by atoms with Crippen LogP contribution in [0, 0.1) is 0 Å². The number of fused-ring (bicyclic) bond motifs is 1. The predicted molar refractivity (Wildman–Crippen MR) is 103 cm³/mol. The van der Waals surface area contributed by atoms with Crippen molar-refractivity contribution in [3.63, 3.8) is 0 Å². The van der Waals surface area contributed by atoms with Crippen molar-refractivity contribution >= 4 is 11.6 Å². The van der Waals surface area contributed by atoms with Gasteiger partial charge in [0.15, 0.2) is 5.82 Å². The number of imidazole rings is 1. The van der Waals surface area contributed by atoms with Crippen LogP contribution in [-0.4, -0.2) is 40.1 Å². The van der Waals surface area contributed by atoms with Crippen LogP contribution in [0.2, 0.25) is 0 Å². The first-order valence-corrected chi connectivity index (χ1v) is 9.21. The van der Waals surface area contributed by atoms with Crippen LogP contribution in [0.25, 0.3) is 0 Å². The number of nitrogens with zero attached hydrogens (tertiary/aromatic N) is 3. The molecule has 3 rings (SSSR count). The van der Waals surface area contributed by atoms with Crippen LogP contribution in [0.4, 0.5) is 5.69 Å². The quantitative estimate of drug-likeness (QED) is 0.891. The van der Waals surface area contributed by atoms with Gasteiger partial charge in [-0.2, -0.15) is 0 Å². The van der Waals surface area contributed by atoms with E-state index in [4.69, 9.17) is 4.74 Å². The smallest absolute Gasteiger partial charge is 0.291 e. The molecule has 1 aromatic heterocycles. The standard InChI is InChI=1S/C20H28N4O2/c1-13(2)24-18-10-11-23(5)12-17(18)22-19(24)20(25)21-15-6-8-16(9-7-15)26-14(3)4/h6-9,13-14H,10-12H2,1-5H3,(H,21,25). The molecule has 0 saturated heterocycles. The minimum absolute atomic E-state index is 0.124. The number of hydrogen-bond donors (Lipinski definition) is 1. The summed E-state index contributed by atoms with van der Waals surface area (Å²) in [6, 6.07) is 7.63. The summed E-state index contributed by atoms with van der Waals surface area (Å²) in [5.74, 6) is 1.11. The van der Waals surface area contributed by atoms with Crippen molar-refractivity contribution < 1.29 is 9.53 Å². The summed E-state index contributed by atoms with van der Waals surface area (Å²) < 4.78 is 7.72. The molecule has 0 bridgehead atoms. The molecule has 1 aromatic carbocycles. The lowest BCUT2D eigenvalue weighted by atomic mass is 10.1. The van der Waals surface area contributed by atoms with Crippen molar-refractivity contribution in [2.24, 2.45) is 0 Å². The summed E-state index contributed by atoms with van der Waals surface area (Å²) in [6.45, 7) is 9.94. The molecule has 1 aliphatic heterocycles. The first-order chi connectivity index (χ1) is 12.3. The zero-order valence-corrected chi connectivity index (χ0v) is 16.2. The predicted octanol–water partition coefficient (Wildman–Crippen LogP) is 3.49. The third-order valence-corrected chi connectivity index (χ3v) is 4.45. The molecule has 1 N–H and O–H groups in total. The fraction of sp³-hybridized carbons (Fsp3) is 0.500. The molecule has 6 nitrogen and oxygen atoms in total. The molecular weight excluding hydrogens is 328 g/mol. The molecule has 0 saturated carbocycles. The van der Waals surface area contributed by atoms with Gasteiger partial charge in [-0.25, -0.2) is 4.98 Å². The lowest BCUT2D eigenvalue weighted by molar-refractivity contribution is 0.101. The highest BCUT2D eigenvalue weighted by molar-refractivity contribution is 6.02. The van der Waals surface area contributed by atoms with Gasteiger partial charge in [-0.05, 0) is 59.0 Å². The number of carbonyl (C=O) groups excluding carboxylic acids is 1.